The lowest BCUT2D eigenvalue weighted by Gasteiger charge is -2.17. The van der Waals surface area contributed by atoms with Crippen molar-refractivity contribution in [3.05, 3.63) is 71.5 Å². The van der Waals surface area contributed by atoms with Crippen molar-refractivity contribution in [3.63, 3.8) is 0 Å². The number of hydrogen-bond acceptors (Lipinski definition) is 4. The molecule has 0 fully saturated rings. The predicted molar refractivity (Wildman–Crippen MR) is 127 cm³/mol. The summed E-state index contributed by atoms with van der Waals surface area (Å²) in [6.07, 6.45) is 7.13. The van der Waals surface area contributed by atoms with Gasteiger partial charge in [-0.15, -0.1) is 0 Å². The van der Waals surface area contributed by atoms with E-state index in [0.29, 0.717) is 30.3 Å². The third-order valence-electron chi connectivity index (χ3n) is 4.50. The molecule has 0 radical (unpaired) electrons. The zero-order valence-corrected chi connectivity index (χ0v) is 19.2. The van der Waals surface area contributed by atoms with E-state index in [1.54, 1.807) is 37.3 Å². The fraction of sp³-hybridized carbons (Fsp3) is 0.370. The molecule has 2 aromatic carbocycles. The Labute approximate surface area is 186 Å². The van der Waals surface area contributed by atoms with Crippen LogP contribution < -0.4 is 14.2 Å². The van der Waals surface area contributed by atoms with Crippen molar-refractivity contribution < 1.29 is 19.0 Å². The van der Waals surface area contributed by atoms with Crippen molar-refractivity contribution in [2.24, 2.45) is 0 Å². The van der Waals surface area contributed by atoms with Crippen molar-refractivity contribution in [1.29, 1.82) is 0 Å². The average Bonchev–Trinajstić information content (AvgIpc) is 2.76. The lowest BCUT2D eigenvalue weighted by Crippen LogP contribution is -2.05. The Morgan fingerprint density at radius 3 is 2.23 bits per heavy atom. The molecular formula is C27H34O4. The Bertz CT molecular complexity index is 894. The summed E-state index contributed by atoms with van der Waals surface area (Å²) in [5.41, 5.74) is 2.54. The van der Waals surface area contributed by atoms with Gasteiger partial charge in [0, 0.05) is 5.56 Å². The number of allylic oxidation sites excluding steroid dienone is 2. The highest BCUT2D eigenvalue weighted by atomic mass is 16.5. The summed E-state index contributed by atoms with van der Waals surface area (Å²) in [6.45, 7) is 13.0. The van der Waals surface area contributed by atoms with Gasteiger partial charge in [0.25, 0.3) is 0 Å². The molecule has 0 spiro atoms. The molecule has 31 heavy (non-hydrogen) atoms. The minimum absolute atomic E-state index is 0.0920. The first kappa shape index (κ1) is 24.3. The number of benzene rings is 2. The van der Waals surface area contributed by atoms with E-state index in [0.717, 1.165) is 48.3 Å². The van der Waals surface area contributed by atoms with Gasteiger partial charge in [0.15, 0.2) is 5.78 Å². The summed E-state index contributed by atoms with van der Waals surface area (Å²) in [4.78, 5) is 12.8. The molecule has 4 nitrogen and oxygen atoms in total. The van der Waals surface area contributed by atoms with Gasteiger partial charge in [-0.25, -0.2) is 0 Å². The summed E-state index contributed by atoms with van der Waals surface area (Å²) in [5, 5.41) is 0. The van der Waals surface area contributed by atoms with E-state index in [9.17, 15) is 4.79 Å². The molecule has 0 heterocycles. The standard InChI is InChI=1S/C27H34O4/c1-6-9-22-12-17-26(29-18-7-2)24(27(22)30-19-8-3)15-16-25(28)21-10-13-23(14-11-21)31-20(4)5/h10-17H,4,6-9,18-19H2,1-3,5H3/b16-15+. The van der Waals surface area contributed by atoms with E-state index >= 15 is 0 Å². The molecule has 0 amide bonds. The molecule has 0 saturated carbocycles. The van der Waals surface area contributed by atoms with Crippen molar-refractivity contribution in [2.45, 2.75) is 53.4 Å². The third-order valence-corrected chi connectivity index (χ3v) is 4.50. The minimum Gasteiger partial charge on any atom is -0.493 e. The molecule has 0 bridgehead atoms. The lowest BCUT2D eigenvalue weighted by atomic mass is 10.0. The predicted octanol–water partition coefficient (Wildman–Crippen LogP) is 7.03. The van der Waals surface area contributed by atoms with E-state index in [2.05, 4.69) is 33.4 Å². The quantitative estimate of drug-likeness (QED) is 0.197. The number of carbonyl (C=O) groups excluding carboxylic acids is 1. The molecule has 0 unspecified atom stereocenters. The van der Waals surface area contributed by atoms with Crippen LogP contribution in [0.4, 0.5) is 0 Å². The number of ketones is 1. The summed E-state index contributed by atoms with van der Waals surface area (Å²) >= 11 is 0. The molecule has 4 heteroatoms. The second-order valence-corrected chi connectivity index (χ2v) is 7.44. The minimum atomic E-state index is -0.0920. The molecule has 0 atom stereocenters. The highest BCUT2D eigenvalue weighted by Gasteiger charge is 2.15. The van der Waals surface area contributed by atoms with Gasteiger partial charge in [0.1, 0.15) is 17.2 Å². The number of rotatable bonds is 13. The first-order valence-corrected chi connectivity index (χ1v) is 11.1. The molecule has 0 aliphatic heterocycles. The molecule has 0 aliphatic carbocycles. The van der Waals surface area contributed by atoms with E-state index < -0.39 is 0 Å². The van der Waals surface area contributed by atoms with Gasteiger partial charge in [-0.05, 0) is 74.2 Å². The Hall–Kier alpha value is -3.01. The molecule has 2 aromatic rings. The largest absolute Gasteiger partial charge is 0.493 e. The van der Waals surface area contributed by atoms with Gasteiger partial charge in [0.05, 0.1) is 24.5 Å². The zero-order chi connectivity index (χ0) is 22.6. The van der Waals surface area contributed by atoms with Crippen molar-refractivity contribution in [1.82, 2.24) is 0 Å². The molecule has 2 rings (SSSR count). The maximum absolute atomic E-state index is 12.8. The number of ether oxygens (including phenoxy) is 3. The number of hydrogen-bond donors (Lipinski definition) is 0. The van der Waals surface area contributed by atoms with Gasteiger partial charge < -0.3 is 14.2 Å². The summed E-state index contributed by atoms with van der Waals surface area (Å²) in [7, 11) is 0. The van der Waals surface area contributed by atoms with Crippen LogP contribution in [0.3, 0.4) is 0 Å². The molecule has 166 valence electrons. The van der Waals surface area contributed by atoms with Crippen LogP contribution in [-0.4, -0.2) is 19.0 Å². The van der Waals surface area contributed by atoms with Gasteiger partial charge in [-0.1, -0.05) is 39.8 Å². The van der Waals surface area contributed by atoms with Crippen LogP contribution in [0.2, 0.25) is 0 Å². The summed E-state index contributed by atoms with van der Waals surface area (Å²) in [6, 6.07) is 11.1. The van der Waals surface area contributed by atoms with Crippen LogP contribution in [0.5, 0.6) is 17.2 Å². The van der Waals surface area contributed by atoms with E-state index in [1.807, 2.05) is 12.1 Å². The van der Waals surface area contributed by atoms with Crippen LogP contribution in [0, 0.1) is 0 Å². The van der Waals surface area contributed by atoms with E-state index in [4.69, 9.17) is 14.2 Å². The van der Waals surface area contributed by atoms with Crippen LogP contribution in [-0.2, 0) is 6.42 Å². The normalized spacial score (nSPS) is 10.8. The van der Waals surface area contributed by atoms with Gasteiger partial charge >= 0.3 is 0 Å². The van der Waals surface area contributed by atoms with E-state index in [1.165, 1.54) is 0 Å². The third kappa shape index (κ3) is 7.32. The molecular weight excluding hydrogens is 388 g/mol. The topological polar surface area (TPSA) is 44.8 Å². The maximum atomic E-state index is 12.8. The summed E-state index contributed by atoms with van der Waals surface area (Å²) in [5.74, 6) is 2.72. The van der Waals surface area contributed by atoms with Crippen molar-refractivity contribution in [2.75, 3.05) is 13.2 Å². The van der Waals surface area contributed by atoms with Crippen LogP contribution in [0.1, 0.15) is 68.4 Å². The summed E-state index contributed by atoms with van der Waals surface area (Å²) < 4.78 is 17.5. The molecule has 0 aliphatic rings. The number of aryl methyl sites for hydroxylation is 1. The van der Waals surface area contributed by atoms with Crippen molar-refractivity contribution >= 4 is 11.9 Å². The van der Waals surface area contributed by atoms with Gasteiger partial charge in [-0.2, -0.15) is 0 Å². The van der Waals surface area contributed by atoms with Crippen LogP contribution in [0.25, 0.3) is 6.08 Å². The maximum Gasteiger partial charge on any atom is 0.185 e. The Morgan fingerprint density at radius 1 is 0.935 bits per heavy atom. The lowest BCUT2D eigenvalue weighted by molar-refractivity contribution is 0.104. The second-order valence-electron chi connectivity index (χ2n) is 7.44. The second kappa shape index (κ2) is 12.6. The van der Waals surface area contributed by atoms with Crippen molar-refractivity contribution in [3.8, 4) is 17.2 Å². The highest BCUT2D eigenvalue weighted by Crippen LogP contribution is 2.35. The van der Waals surface area contributed by atoms with Crippen LogP contribution in [0.15, 0.2) is 54.8 Å². The first-order chi connectivity index (χ1) is 15.0. The van der Waals surface area contributed by atoms with E-state index in [-0.39, 0.29) is 5.78 Å². The fourth-order valence-electron chi connectivity index (χ4n) is 3.11. The molecule has 0 saturated heterocycles. The van der Waals surface area contributed by atoms with Gasteiger partial charge in [0.2, 0.25) is 0 Å². The highest BCUT2D eigenvalue weighted by molar-refractivity contribution is 6.07. The van der Waals surface area contributed by atoms with Crippen LogP contribution >= 0.6 is 0 Å². The Balaban J connectivity index is 2.36. The average molecular weight is 423 g/mol. The SMILES string of the molecule is C=C(C)Oc1ccc(C(=O)/C=C/c2c(OCCC)ccc(CCC)c2OCCC)cc1. The molecule has 0 aromatic heterocycles. The zero-order valence-electron chi connectivity index (χ0n) is 19.2. The Morgan fingerprint density at radius 2 is 1.61 bits per heavy atom. The monoisotopic (exact) mass is 422 g/mol. The van der Waals surface area contributed by atoms with Gasteiger partial charge in [-0.3, -0.25) is 4.79 Å². The fourth-order valence-corrected chi connectivity index (χ4v) is 3.11. The smallest absolute Gasteiger partial charge is 0.185 e. The number of carbonyl (C=O) groups is 1. The Kier molecular flexibility index (Phi) is 9.89. The first-order valence-electron chi connectivity index (χ1n) is 11.1. The molecule has 0 N–H and O–H groups in total.